The lowest BCUT2D eigenvalue weighted by atomic mass is 10.2. The van der Waals surface area contributed by atoms with Gasteiger partial charge in [-0.2, -0.15) is 0 Å². The molecule has 0 radical (unpaired) electrons. The number of nitrogens with two attached hydrogens (primary N) is 1. The highest BCUT2D eigenvalue weighted by Gasteiger charge is 2.21. The fourth-order valence-electron chi connectivity index (χ4n) is 1.49. The van der Waals surface area contributed by atoms with Gasteiger partial charge in [-0.1, -0.05) is 6.07 Å². The van der Waals surface area contributed by atoms with Crippen LogP contribution >= 0.6 is 0 Å². The fourth-order valence-corrected chi connectivity index (χ4v) is 1.49. The first-order valence-corrected chi connectivity index (χ1v) is 5.91. The minimum absolute atomic E-state index is 0.0564. The van der Waals surface area contributed by atoms with Crippen LogP contribution in [0.3, 0.4) is 0 Å². The van der Waals surface area contributed by atoms with Gasteiger partial charge < -0.3 is 15.8 Å². The highest BCUT2D eigenvalue weighted by Crippen LogP contribution is 2.28. The Morgan fingerprint density at radius 1 is 1.58 bits per heavy atom. The maximum atomic E-state index is 11.5. The molecule has 0 aliphatic carbocycles. The van der Waals surface area contributed by atoms with Gasteiger partial charge in [0, 0.05) is 19.2 Å². The molecule has 0 aliphatic rings. The monoisotopic (exact) mass is 267 g/mol. The van der Waals surface area contributed by atoms with Crippen LogP contribution in [0.15, 0.2) is 18.2 Å². The Morgan fingerprint density at radius 3 is 2.79 bits per heavy atom. The van der Waals surface area contributed by atoms with Crippen molar-refractivity contribution < 1.29 is 14.5 Å². The summed E-state index contributed by atoms with van der Waals surface area (Å²) in [5.74, 6) is -0.263. The quantitative estimate of drug-likeness (QED) is 0.589. The van der Waals surface area contributed by atoms with E-state index in [9.17, 15) is 14.9 Å². The molecule has 0 aromatic heterocycles. The summed E-state index contributed by atoms with van der Waals surface area (Å²) in [5.41, 5.74) is 5.86. The van der Waals surface area contributed by atoms with E-state index in [2.05, 4.69) is 5.32 Å². The van der Waals surface area contributed by atoms with E-state index in [1.807, 2.05) is 0 Å². The lowest BCUT2D eigenvalue weighted by Gasteiger charge is -2.14. The minimum atomic E-state index is -0.803. The SMILES string of the molecule is CCNC(=O)C(C)Oc1ccc(CN)cc1[N+](=O)[O-]. The van der Waals surface area contributed by atoms with Gasteiger partial charge in [0.05, 0.1) is 4.92 Å². The number of benzene rings is 1. The molecule has 1 aromatic rings. The van der Waals surface area contributed by atoms with Crippen molar-refractivity contribution in [1.82, 2.24) is 5.32 Å². The number of hydrogen-bond donors (Lipinski definition) is 2. The zero-order valence-corrected chi connectivity index (χ0v) is 10.9. The van der Waals surface area contributed by atoms with Gasteiger partial charge in [-0.15, -0.1) is 0 Å². The molecule has 0 spiro atoms. The Balaban J connectivity index is 2.94. The van der Waals surface area contributed by atoms with E-state index >= 15 is 0 Å². The van der Waals surface area contributed by atoms with Crippen LogP contribution in [0.4, 0.5) is 5.69 Å². The Kier molecular flexibility index (Phi) is 5.25. The van der Waals surface area contributed by atoms with Gasteiger partial charge in [0.25, 0.3) is 5.91 Å². The fraction of sp³-hybridized carbons (Fsp3) is 0.417. The van der Waals surface area contributed by atoms with Crippen LogP contribution in [0.25, 0.3) is 0 Å². The van der Waals surface area contributed by atoms with E-state index in [1.54, 1.807) is 13.0 Å². The number of likely N-dealkylation sites (N-methyl/N-ethyl adjacent to an activating group) is 1. The summed E-state index contributed by atoms with van der Waals surface area (Å²) in [6, 6.07) is 4.43. The molecule has 0 heterocycles. The van der Waals surface area contributed by atoms with Crippen molar-refractivity contribution in [3.63, 3.8) is 0 Å². The summed E-state index contributed by atoms with van der Waals surface area (Å²) in [7, 11) is 0. The standard InChI is InChI=1S/C12H17N3O4/c1-3-14-12(16)8(2)19-11-5-4-9(7-13)6-10(11)15(17)18/h4-6,8H,3,7,13H2,1-2H3,(H,14,16). The van der Waals surface area contributed by atoms with Gasteiger partial charge >= 0.3 is 5.69 Å². The van der Waals surface area contributed by atoms with Crippen LogP contribution in [0.5, 0.6) is 5.75 Å². The average Bonchev–Trinajstić information content (AvgIpc) is 2.39. The van der Waals surface area contributed by atoms with E-state index in [1.165, 1.54) is 19.1 Å². The number of nitro benzene ring substituents is 1. The predicted molar refractivity (Wildman–Crippen MR) is 69.8 cm³/mol. The molecule has 7 nitrogen and oxygen atoms in total. The second kappa shape index (κ2) is 6.69. The largest absolute Gasteiger partial charge is 0.474 e. The molecule has 7 heteroatoms. The van der Waals surface area contributed by atoms with Crippen molar-refractivity contribution in [1.29, 1.82) is 0 Å². The highest BCUT2D eigenvalue weighted by molar-refractivity contribution is 5.80. The van der Waals surface area contributed by atoms with E-state index in [0.717, 1.165) is 0 Å². The van der Waals surface area contributed by atoms with Gasteiger partial charge in [-0.25, -0.2) is 0 Å². The molecule has 1 amide bonds. The first kappa shape index (κ1) is 14.9. The van der Waals surface area contributed by atoms with Crippen molar-refractivity contribution in [2.24, 2.45) is 5.73 Å². The molecule has 19 heavy (non-hydrogen) atoms. The highest BCUT2D eigenvalue weighted by atomic mass is 16.6. The molecule has 1 atom stereocenters. The number of hydrogen-bond acceptors (Lipinski definition) is 5. The molecule has 0 saturated heterocycles. The summed E-state index contributed by atoms with van der Waals surface area (Å²) < 4.78 is 5.33. The first-order chi connectivity index (χ1) is 8.99. The summed E-state index contributed by atoms with van der Waals surface area (Å²) in [6.45, 7) is 3.99. The smallest absolute Gasteiger partial charge is 0.311 e. The van der Waals surface area contributed by atoms with Crippen molar-refractivity contribution in [3.05, 3.63) is 33.9 Å². The Bertz CT molecular complexity index is 476. The van der Waals surface area contributed by atoms with Crippen molar-refractivity contribution in [2.75, 3.05) is 6.54 Å². The summed E-state index contributed by atoms with van der Waals surface area (Å²) in [6.07, 6.45) is -0.803. The molecule has 1 aromatic carbocycles. The zero-order valence-electron chi connectivity index (χ0n) is 10.9. The number of ether oxygens (including phenoxy) is 1. The third-order valence-electron chi connectivity index (χ3n) is 2.48. The molecule has 1 unspecified atom stereocenters. The van der Waals surface area contributed by atoms with Gasteiger partial charge in [-0.05, 0) is 25.5 Å². The molecule has 3 N–H and O–H groups in total. The Labute approximate surface area is 110 Å². The first-order valence-electron chi connectivity index (χ1n) is 5.91. The van der Waals surface area contributed by atoms with Crippen LogP contribution < -0.4 is 15.8 Å². The van der Waals surface area contributed by atoms with Gasteiger partial charge in [0.2, 0.25) is 0 Å². The van der Waals surface area contributed by atoms with Crippen LogP contribution in [-0.2, 0) is 11.3 Å². The number of nitro groups is 1. The number of carbonyl (C=O) groups is 1. The van der Waals surface area contributed by atoms with Gasteiger partial charge in [-0.3, -0.25) is 14.9 Å². The number of carbonyl (C=O) groups excluding carboxylic acids is 1. The maximum absolute atomic E-state index is 11.5. The topological polar surface area (TPSA) is 107 Å². The average molecular weight is 267 g/mol. The van der Waals surface area contributed by atoms with Crippen molar-refractivity contribution >= 4 is 11.6 Å². The maximum Gasteiger partial charge on any atom is 0.311 e. The normalized spacial score (nSPS) is 11.7. The Hall–Kier alpha value is -2.15. The van der Waals surface area contributed by atoms with Crippen LogP contribution in [-0.4, -0.2) is 23.5 Å². The predicted octanol–water partition coefficient (Wildman–Crippen LogP) is 0.957. The zero-order chi connectivity index (χ0) is 14.4. The summed E-state index contributed by atoms with van der Waals surface area (Å²) >= 11 is 0. The third kappa shape index (κ3) is 3.92. The molecular weight excluding hydrogens is 250 g/mol. The van der Waals surface area contributed by atoms with E-state index in [-0.39, 0.29) is 23.9 Å². The van der Waals surface area contributed by atoms with Crippen LogP contribution in [0, 0.1) is 10.1 Å². The number of nitrogens with one attached hydrogen (secondary N) is 1. The van der Waals surface area contributed by atoms with Crippen LogP contribution in [0.1, 0.15) is 19.4 Å². The summed E-state index contributed by atoms with van der Waals surface area (Å²) in [4.78, 5) is 21.9. The van der Waals surface area contributed by atoms with E-state index in [4.69, 9.17) is 10.5 Å². The molecule has 0 saturated carbocycles. The van der Waals surface area contributed by atoms with E-state index in [0.29, 0.717) is 12.1 Å². The lowest BCUT2D eigenvalue weighted by Crippen LogP contribution is -2.36. The molecule has 0 aliphatic heterocycles. The van der Waals surface area contributed by atoms with E-state index < -0.39 is 11.0 Å². The number of amides is 1. The summed E-state index contributed by atoms with van der Waals surface area (Å²) in [5, 5.41) is 13.5. The molecule has 104 valence electrons. The number of rotatable bonds is 6. The minimum Gasteiger partial charge on any atom is -0.474 e. The second-order valence-corrected chi connectivity index (χ2v) is 3.92. The van der Waals surface area contributed by atoms with Crippen molar-refractivity contribution in [3.8, 4) is 5.75 Å². The second-order valence-electron chi connectivity index (χ2n) is 3.92. The van der Waals surface area contributed by atoms with Gasteiger partial charge in [0.15, 0.2) is 11.9 Å². The molecule has 0 bridgehead atoms. The number of nitrogens with zero attached hydrogens (tertiary/aromatic N) is 1. The third-order valence-corrected chi connectivity index (χ3v) is 2.48. The van der Waals surface area contributed by atoms with Gasteiger partial charge in [0.1, 0.15) is 0 Å². The van der Waals surface area contributed by atoms with Crippen LogP contribution in [0.2, 0.25) is 0 Å². The van der Waals surface area contributed by atoms with Crippen molar-refractivity contribution in [2.45, 2.75) is 26.5 Å². The molecule has 0 fully saturated rings. The Morgan fingerprint density at radius 2 is 2.26 bits per heavy atom. The molecule has 1 rings (SSSR count). The molecular formula is C12H17N3O4. The lowest BCUT2D eigenvalue weighted by molar-refractivity contribution is -0.386.